The van der Waals surface area contributed by atoms with Gasteiger partial charge in [-0.3, -0.25) is 9.59 Å². The summed E-state index contributed by atoms with van der Waals surface area (Å²) in [6.45, 7) is 1.99. The first-order chi connectivity index (χ1) is 12.2. The maximum atomic E-state index is 12.4. The molecular weight excluding hydrogens is 312 g/mol. The predicted octanol–water partition coefficient (Wildman–Crippen LogP) is 3.52. The van der Waals surface area contributed by atoms with Crippen LogP contribution >= 0.6 is 0 Å². The Labute approximate surface area is 148 Å². The molecule has 0 heterocycles. The van der Waals surface area contributed by atoms with Gasteiger partial charge in [0.15, 0.2) is 0 Å². The molecule has 130 valence electrons. The molecule has 0 spiro atoms. The molecule has 4 nitrogen and oxygen atoms in total. The molecule has 2 aromatic carbocycles. The third kappa shape index (κ3) is 4.47. The van der Waals surface area contributed by atoms with Crippen LogP contribution in [-0.2, 0) is 9.59 Å². The Hall–Kier alpha value is -2.62. The highest BCUT2D eigenvalue weighted by Gasteiger charge is 2.34. The lowest BCUT2D eigenvalue weighted by atomic mass is 10.0. The zero-order valence-corrected chi connectivity index (χ0v) is 14.4. The van der Waals surface area contributed by atoms with Crippen molar-refractivity contribution in [2.75, 3.05) is 0 Å². The molecule has 4 heteroatoms. The second-order valence-corrected chi connectivity index (χ2v) is 6.54. The zero-order valence-electron chi connectivity index (χ0n) is 14.4. The van der Waals surface area contributed by atoms with Gasteiger partial charge in [0, 0.05) is 0 Å². The highest BCUT2D eigenvalue weighted by Crippen LogP contribution is 2.40. The molecule has 25 heavy (non-hydrogen) atoms. The van der Waals surface area contributed by atoms with E-state index in [2.05, 4.69) is 10.6 Å². The number of hydrogen-bond acceptors (Lipinski definition) is 2. The van der Waals surface area contributed by atoms with Crippen LogP contribution in [0.2, 0.25) is 0 Å². The summed E-state index contributed by atoms with van der Waals surface area (Å²) in [6.07, 6.45) is 2.90. The number of amides is 2. The van der Waals surface area contributed by atoms with E-state index in [1.165, 1.54) is 0 Å². The van der Waals surface area contributed by atoms with Crippen LogP contribution in [0.4, 0.5) is 0 Å². The number of carbonyl (C=O) groups excluding carboxylic acids is 2. The van der Waals surface area contributed by atoms with Gasteiger partial charge in [-0.25, -0.2) is 0 Å². The van der Waals surface area contributed by atoms with Crippen molar-refractivity contribution in [3.05, 3.63) is 71.8 Å². The van der Waals surface area contributed by atoms with Gasteiger partial charge in [0.25, 0.3) is 0 Å². The van der Waals surface area contributed by atoms with E-state index in [1.807, 2.05) is 67.6 Å². The Kier molecular flexibility index (Phi) is 5.49. The lowest BCUT2D eigenvalue weighted by Gasteiger charge is -2.21. The van der Waals surface area contributed by atoms with Crippen LogP contribution in [-0.4, -0.2) is 11.8 Å². The largest absolute Gasteiger partial charge is 0.341 e. The van der Waals surface area contributed by atoms with Crippen LogP contribution in [0.1, 0.15) is 49.4 Å². The topological polar surface area (TPSA) is 58.2 Å². The van der Waals surface area contributed by atoms with Crippen LogP contribution < -0.4 is 10.6 Å². The summed E-state index contributed by atoms with van der Waals surface area (Å²) in [6, 6.07) is 19.3. The summed E-state index contributed by atoms with van der Waals surface area (Å²) in [5.74, 6) is -0.706. The third-order valence-corrected chi connectivity index (χ3v) is 4.66. The van der Waals surface area contributed by atoms with Crippen LogP contribution in [0.15, 0.2) is 60.7 Å². The number of rotatable bonds is 6. The molecule has 2 amide bonds. The van der Waals surface area contributed by atoms with Crippen molar-refractivity contribution >= 4 is 11.8 Å². The first-order valence-electron chi connectivity index (χ1n) is 8.90. The molecule has 1 aliphatic carbocycles. The van der Waals surface area contributed by atoms with E-state index in [1.54, 1.807) is 0 Å². The Morgan fingerprint density at radius 3 is 1.92 bits per heavy atom. The summed E-state index contributed by atoms with van der Waals surface area (Å²) in [5, 5.41) is 5.77. The first-order valence-corrected chi connectivity index (χ1v) is 8.90. The molecule has 3 rings (SSSR count). The highest BCUT2D eigenvalue weighted by atomic mass is 16.2. The molecule has 2 N–H and O–H groups in total. The minimum absolute atomic E-state index is 0.0868. The molecule has 0 aliphatic heterocycles. The molecule has 1 saturated carbocycles. The van der Waals surface area contributed by atoms with Gasteiger partial charge < -0.3 is 10.6 Å². The second kappa shape index (κ2) is 7.97. The van der Waals surface area contributed by atoms with Gasteiger partial charge in [-0.05, 0) is 36.3 Å². The van der Waals surface area contributed by atoms with Crippen molar-refractivity contribution in [1.29, 1.82) is 0 Å². The van der Waals surface area contributed by atoms with Crippen LogP contribution in [0.25, 0.3) is 0 Å². The van der Waals surface area contributed by atoms with Crippen LogP contribution in [0, 0.1) is 5.92 Å². The van der Waals surface area contributed by atoms with Gasteiger partial charge in [-0.1, -0.05) is 67.6 Å². The Bertz CT molecular complexity index is 711. The summed E-state index contributed by atoms with van der Waals surface area (Å²) >= 11 is 0. The Morgan fingerprint density at radius 2 is 1.40 bits per heavy atom. The predicted molar refractivity (Wildman–Crippen MR) is 97.7 cm³/mol. The van der Waals surface area contributed by atoms with Crippen molar-refractivity contribution in [1.82, 2.24) is 10.6 Å². The summed E-state index contributed by atoms with van der Waals surface area (Å²) in [5.41, 5.74) is 2.06. The fraction of sp³-hybridized carbons (Fsp3) is 0.333. The number of nitrogens with one attached hydrogen (secondary N) is 2. The maximum absolute atomic E-state index is 12.4. The Morgan fingerprint density at radius 1 is 0.880 bits per heavy atom. The molecule has 0 bridgehead atoms. The lowest BCUT2D eigenvalue weighted by Crippen LogP contribution is -2.43. The van der Waals surface area contributed by atoms with Gasteiger partial charge in [0.2, 0.25) is 0 Å². The molecule has 2 aromatic rings. The van der Waals surface area contributed by atoms with E-state index in [4.69, 9.17) is 0 Å². The average molecular weight is 336 g/mol. The number of hydrogen-bond donors (Lipinski definition) is 2. The van der Waals surface area contributed by atoms with E-state index in [-0.39, 0.29) is 12.1 Å². The number of carbonyl (C=O) groups is 2. The minimum atomic E-state index is -0.572. The minimum Gasteiger partial charge on any atom is -0.341 e. The lowest BCUT2D eigenvalue weighted by molar-refractivity contribution is -0.140. The molecule has 1 aliphatic rings. The molecular formula is C21H24N2O2. The quantitative estimate of drug-likeness (QED) is 0.793. The van der Waals surface area contributed by atoms with E-state index in [0.29, 0.717) is 5.92 Å². The van der Waals surface area contributed by atoms with E-state index in [9.17, 15) is 9.59 Å². The monoisotopic (exact) mass is 336 g/mol. The van der Waals surface area contributed by atoms with Gasteiger partial charge in [-0.15, -0.1) is 0 Å². The third-order valence-electron chi connectivity index (χ3n) is 4.66. The highest BCUT2D eigenvalue weighted by molar-refractivity contribution is 6.35. The standard InChI is InChI=1S/C21H24N2O2/c1-2-18(15-9-5-3-6-10-15)22-20(24)21(25)23-19(17-13-14-17)16-11-7-4-8-12-16/h3-12,17-19H,2,13-14H2,1H3,(H,22,24)(H,23,25)/t18-,19-/m0/s1. The molecule has 0 saturated heterocycles. The SMILES string of the molecule is CC[C@H](NC(=O)C(=O)N[C@@H](c1ccccc1)C1CC1)c1ccccc1. The fourth-order valence-corrected chi connectivity index (χ4v) is 3.10. The van der Waals surface area contributed by atoms with Crippen molar-refractivity contribution in [3.63, 3.8) is 0 Å². The van der Waals surface area contributed by atoms with Crippen LogP contribution in [0.3, 0.4) is 0 Å². The van der Waals surface area contributed by atoms with E-state index in [0.717, 1.165) is 30.4 Å². The van der Waals surface area contributed by atoms with Crippen LogP contribution in [0.5, 0.6) is 0 Å². The molecule has 0 radical (unpaired) electrons. The summed E-state index contributed by atoms with van der Waals surface area (Å²) < 4.78 is 0. The second-order valence-electron chi connectivity index (χ2n) is 6.54. The van der Waals surface area contributed by atoms with Gasteiger partial charge in [0.05, 0.1) is 12.1 Å². The van der Waals surface area contributed by atoms with E-state index >= 15 is 0 Å². The first kappa shape index (κ1) is 17.2. The van der Waals surface area contributed by atoms with Gasteiger partial charge in [0.1, 0.15) is 0 Å². The van der Waals surface area contributed by atoms with Crippen molar-refractivity contribution in [2.45, 2.75) is 38.3 Å². The van der Waals surface area contributed by atoms with Crippen molar-refractivity contribution in [3.8, 4) is 0 Å². The van der Waals surface area contributed by atoms with Gasteiger partial charge in [-0.2, -0.15) is 0 Å². The zero-order chi connectivity index (χ0) is 17.6. The average Bonchev–Trinajstić information content (AvgIpc) is 3.50. The fourth-order valence-electron chi connectivity index (χ4n) is 3.10. The summed E-state index contributed by atoms with van der Waals surface area (Å²) in [4.78, 5) is 24.8. The van der Waals surface area contributed by atoms with E-state index < -0.39 is 11.8 Å². The van der Waals surface area contributed by atoms with Gasteiger partial charge >= 0.3 is 11.8 Å². The smallest absolute Gasteiger partial charge is 0.309 e. The normalized spacial score (nSPS) is 15.9. The van der Waals surface area contributed by atoms with Crippen molar-refractivity contribution < 1.29 is 9.59 Å². The maximum Gasteiger partial charge on any atom is 0.309 e. The Balaban J connectivity index is 1.64. The molecule has 0 aromatic heterocycles. The molecule has 1 fully saturated rings. The molecule has 0 unspecified atom stereocenters. The van der Waals surface area contributed by atoms with Crippen molar-refractivity contribution in [2.24, 2.45) is 5.92 Å². The number of benzene rings is 2. The molecule has 2 atom stereocenters. The summed E-state index contributed by atoms with van der Waals surface area (Å²) in [7, 11) is 0.